The lowest BCUT2D eigenvalue weighted by molar-refractivity contribution is -0.0295. The zero-order valence-electron chi connectivity index (χ0n) is 11.5. The molecule has 0 radical (unpaired) electrons. The molecule has 1 unspecified atom stereocenters. The highest BCUT2D eigenvalue weighted by atomic mass is 19.3. The van der Waals surface area contributed by atoms with E-state index in [4.69, 9.17) is 0 Å². The number of hydrogen-bond acceptors (Lipinski definition) is 1. The monoisotopic (exact) mass is 256 g/mol. The second-order valence-corrected chi connectivity index (χ2v) is 5.81. The van der Waals surface area contributed by atoms with Crippen molar-refractivity contribution < 1.29 is 13.9 Å². The van der Waals surface area contributed by atoms with Crippen LogP contribution < -0.4 is 0 Å². The predicted octanol–water partition coefficient (Wildman–Crippen LogP) is 4.24. The average Bonchev–Trinajstić information content (AvgIpc) is 2.27. The van der Waals surface area contributed by atoms with E-state index < -0.39 is 18.4 Å². The van der Waals surface area contributed by atoms with Gasteiger partial charge in [-0.2, -0.15) is 0 Å². The van der Waals surface area contributed by atoms with Crippen molar-refractivity contribution in [3.8, 4) is 0 Å². The van der Waals surface area contributed by atoms with E-state index >= 15 is 0 Å². The van der Waals surface area contributed by atoms with Crippen LogP contribution >= 0.6 is 0 Å². The average molecular weight is 256 g/mol. The Hall–Kier alpha value is -0.960. The molecular formula is C15H22F2O. The Kier molecular flexibility index (Phi) is 4.49. The van der Waals surface area contributed by atoms with Crippen molar-refractivity contribution in [1.82, 2.24) is 0 Å². The molecule has 0 saturated carbocycles. The Morgan fingerprint density at radius 2 is 1.50 bits per heavy atom. The molecule has 0 bridgehead atoms. The van der Waals surface area contributed by atoms with Gasteiger partial charge >= 0.3 is 0 Å². The van der Waals surface area contributed by atoms with Crippen molar-refractivity contribution in [2.75, 3.05) is 0 Å². The van der Waals surface area contributed by atoms with Crippen LogP contribution in [0.4, 0.5) is 8.78 Å². The molecule has 3 heteroatoms. The van der Waals surface area contributed by atoms with Gasteiger partial charge in [-0.15, -0.1) is 0 Å². The third-order valence-electron chi connectivity index (χ3n) is 3.37. The summed E-state index contributed by atoms with van der Waals surface area (Å²) in [6, 6.07) is 7.32. The van der Waals surface area contributed by atoms with Crippen LogP contribution in [0.25, 0.3) is 0 Å². The van der Waals surface area contributed by atoms with Gasteiger partial charge in [0.05, 0.1) is 5.60 Å². The SMILES string of the molecule is CCC(O)(CC(F)F)c1ccc(C(C)(C)C)cc1. The maximum absolute atomic E-state index is 12.5. The van der Waals surface area contributed by atoms with Crippen molar-refractivity contribution in [1.29, 1.82) is 0 Å². The van der Waals surface area contributed by atoms with E-state index in [0.29, 0.717) is 5.56 Å². The van der Waals surface area contributed by atoms with Crippen LogP contribution in [0.1, 0.15) is 51.7 Å². The van der Waals surface area contributed by atoms with Gasteiger partial charge in [0.15, 0.2) is 0 Å². The lowest BCUT2D eigenvalue weighted by Crippen LogP contribution is -2.27. The quantitative estimate of drug-likeness (QED) is 0.854. The van der Waals surface area contributed by atoms with Crippen molar-refractivity contribution in [3.05, 3.63) is 35.4 Å². The summed E-state index contributed by atoms with van der Waals surface area (Å²) in [6.45, 7) is 7.99. The second-order valence-electron chi connectivity index (χ2n) is 5.81. The smallest absolute Gasteiger partial charge is 0.241 e. The number of benzene rings is 1. The summed E-state index contributed by atoms with van der Waals surface area (Å²) in [5.41, 5.74) is 0.288. The van der Waals surface area contributed by atoms with Gasteiger partial charge in [-0.3, -0.25) is 0 Å². The lowest BCUT2D eigenvalue weighted by Gasteiger charge is -2.28. The highest BCUT2D eigenvalue weighted by Gasteiger charge is 2.31. The van der Waals surface area contributed by atoms with Crippen molar-refractivity contribution >= 4 is 0 Å². The van der Waals surface area contributed by atoms with E-state index in [2.05, 4.69) is 20.8 Å². The van der Waals surface area contributed by atoms with Crippen LogP contribution in [0.5, 0.6) is 0 Å². The fourth-order valence-electron chi connectivity index (χ4n) is 2.00. The topological polar surface area (TPSA) is 20.2 Å². The molecule has 18 heavy (non-hydrogen) atoms. The van der Waals surface area contributed by atoms with Gasteiger partial charge in [0.2, 0.25) is 6.43 Å². The first-order valence-electron chi connectivity index (χ1n) is 6.30. The largest absolute Gasteiger partial charge is 0.385 e. The molecule has 0 amide bonds. The normalized spacial score (nSPS) is 15.8. The molecule has 0 aromatic heterocycles. The molecule has 0 spiro atoms. The summed E-state index contributed by atoms with van der Waals surface area (Å²) in [4.78, 5) is 0. The van der Waals surface area contributed by atoms with E-state index in [1.807, 2.05) is 12.1 Å². The molecule has 0 fully saturated rings. The predicted molar refractivity (Wildman–Crippen MR) is 70.0 cm³/mol. The van der Waals surface area contributed by atoms with Gasteiger partial charge in [-0.05, 0) is 23.0 Å². The second kappa shape index (κ2) is 5.35. The summed E-state index contributed by atoms with van der Waals surface area (Å²) >= 11 is 0. The van der Waals surface area contributed by atoms with E-state index in [1.165, 1.54) is 0 Å². The van der Waals surface area contributed by atoms with Gasteiger partial charge in [-0.1, -0.05) is 52.0 Å². The molecule has 1 atom stereocenters. The fraction of sp³-hybridized carbons (Fsp3) is 0.600. The molecule has 0 aliphatic heterocycles. The Balaban J connectivity index is 3.02. The van der Waals surface area contributed by atoms with Gasteiger partial charge in [0, 0.05) is 6.42 Å². The molecule has 1 nitrogen and oxygen atoms in total. The van der Waals surface area contributed by atoms with Gasteiger partial charge < -0.3 is 5.11 Å². The molecule has 0 aliphatic rings. The molecule has 1 aromatic rings. The lowest BCUT2D eigenvalue weighted by atomic mass is 9.83. The summed E-state index contributed by atoms with van der Waals surface area (Å²) in [7, 11) is 0. The van der Waals surface area contributed by atoms with Crippen molar-refractivity contribution in [2.24, 2.45) is 0 Å². The fourth-order valence-corrected chi connectivity index (χ4v) is 2.00. The summed E-state index contributed by atoms with van der Waals surface area (Å²) in [5, 5.41) is 10.3. The van der Waals surface area contributed by atoms with Crippen LogP contribution in [0, 0.1) is 0 Å². The van der Waals surface area contributed by atoms with E-state index in [0.717, 1.165) is 5.56 Å². The Morgan fingerprint density at radius 1 is 1.06 bits per heavy atom. The molecule has 0 saturated heterocycles. The van der Waals surface area contributed by atoms with E-state index in [-0.39, 0.29) is 11.8 Å². The molecule has 0 aliphatic carbocycles. The number of hydrogen-bond donors (Lipinski definition) is 1. The van der Waals surface area contributed by atoms with Crippen LogP contribution in [-0.2, 0) is 11.0 Å². The Morgan fingerprint density at radius 3 is 1.83 bits per heavy atom. The van der Waals surface area contributed by atoms with E-state index in [9.17, 15) is 13.9 Å². The molecule has 0 heterocycles. The maximum Gasteiger partial charge on any atom is 0.241 e. The highest BCUT2D eigenvalue weighted by Crippen LogP contribution is 2.33. The minimum absolute atomic E-state index is 0.0194. The molecule has 1 aromatic carbocycles. The molecule has 1 N–H and O–H groups in total. The molecule has 1 rings (SSSR count). The highest BCUT2D eigenvalue weighted by molar-refractivity contribution is 5.30. The molecular weight excluding hydrogens is 234 g/mol. The van der Waals surface area contributed by atoms with Crippen molar-refractivity contribution in [3.63, 3.8) is 0 Å². The zero-order valence-corrected chi connectivity index (χ0v) is 11.5. The van der Waals surface area contributed by atoms with Gasteiger partial charge in [0.1, 0.15) is 0 Å². The first kappa shape index (κ1) is 15.1. The Labute approximate surface area is 108 Å². The van der Waals surface area contributed by atoms with Crippen LogP contribution in [-0.4, -0.2) is 11.5 Å². The van der Waals surface area contributed by atoms with Gasteiger partial charge in [0.25, 0.3) is 0 Å². The van der Waals surface area contributed by atoms with Crippen LogP contribution in [0.2, 0.25) is 0 Å². The maximum atomic E-state index is 12.5. The van der Waals surface area contributed by atoms with Crippen LogP contribution in [0.15, 0.2) is 24.3 Å². The third kappa shape index (κ3) is 3.52. The zero-order chi connectivity index (χ0) is 14.0. The number of rotatable bonds is 4. The Bertz CT molecular complexity index is 378. The molecule has 102 valence electrons. The van der Waals surface area contributed by atoms with Crippen molar-refractivity contribution in [2.45, 2.75) is 58.0 Å². The third-order valence-corrected chi connectivity index (χ3v) is 3.37. The number of aliphatic hydroxyl groups is 1. The minimum Gasteiger partial charge on any atom is -0.385 e. The first-order valence-corrected chi connectivity index (χ1v) is 6.30. The van der Waals surface area contributed by atoms with E-state index in [1.54, 1.807) is 19.1 Å². The minimum atomic E-state index is -2.50. The number of alkyl halides is 2. The summed E-state index contributed by atoms with van der Waals surface area (Å²) in [5.74, 6) is 0. The summed E-state index contributed by atoms with van der Waals surface area (Å²) in [6.07, 6.45) is -2.73. The van der Waals surface area contributed by atoms with Crippen LogP contribution in [0.3, 0.4) is 0 Å². The number of halogens is 2. The standard InChI is InChI=1S/C15H22F2O/c1-5-15(18,10-13(16)17)12-8-6-11(7-9-12)14(2,3)4/h6-9,13,18H,5,10H2,1-4H3. The first-order chi connectivity index (χ1) is 8.19. The van der Waals surface area contributed by atoms with Gasteiger partial charge in [-0.25, -0.2) is 8.78 Å². The summed E-state index contributed by atoms with van der Waals surface area (Å²) < 4.78 is 25.0.